The third-order valence-corrected chi connectivity index (χ3v) is 4.04. The van der Waals surface area contributed by atoms with E-state index in [-0.39, 0.29) is 4.90 Å². The number of allylic oxidation sites excluding steroid dienone is 2. The van der Waals surface area contributed by atoms with E-state index in [1.165, 1.54) is 12.8 Å². The van der Waals surface area contributed by atoms with Crippen LogP contribution in [0.3, 0.4) is 0 Å². The molecular weight excluding hydrogens is 258 g/mol. The van der Waals surface area contributed by atoms with Gasteiger partial charge in [0.05, 0.1) is 4.90 Å². The first kappa shape index (κ1) is 15.5. The van der Waals surface area contributed by atoms with E-state index < -0.39 is 10.0 Å². The Morgan fingerprint density at radius 1 is 1.26 bits per heavy atom. The van der Waals surface area contributed by atoms with Crippen LogP contribution in [0.15, 0.2) is 59.7 Å². The normalized spacial score (nSPS) is 11.6. The molecule has 1 aromatic carbocycles. The van der Waals surface area contributed by atoms with Gasteiger partial charge < -0.3 is 0 Å². The minimum Gasteiger partial charge on any atom is -0.280 e. The number of hydrogen-bond donors (Lipinski definition) is 1. The summed E-state index contributed by atoms with van der Waals surface area (Å²) in [7, 11) is -3.51. The van der Waals surface area contributed by atoms with Crippen LogP contribution in [0.25, 0.3) is 0 Å². The average Bonchev–Trinajstić information content (AvgIpc) is 2.39. The molecule has 0 radical (unpaired) electrons. The lowest BCUT2D eigenvalue weighted by atomic mass is 10.2. The molecule has 3 nitrogen and oxygen atoms in total. The molecular formula is C15H21NO2S. The van der Waals surface area contributed by atoms with Gasteiger partial charge in [0.15, 0.2) is 0 Å². The molecule has 0 atom stereocenters. The number of sulfonamides is 1. The molecule has 0 heterocycles. The van der Waals surface area contributed by atoms with Crippen molar-refractivity contribution in [3.63, 3.8) is 0 Å². The van der Waals surface area contributed by atoms with Gasteiger partial charge in [0, 0.05) is 5.70 Å². The summed E-state index contributed by atoms with van der Waals surface area (Å²) >= 11 is 0. The average molecular weight is 279 g/mol. The highest BCUT2D eigenvalue weighted by Crippen LogP contribution is 2.09. The van der Waals surface area contributed by atoms with Crippen LogP contribution in [0.2, 0.25) is 0 Å². The third-order valence-electron chi connectivity index (χ3n) is 2.61. The van der Waals surface area contributed by atoms with Gasteiger partial charge in [-0.1, -0.05) is 50.6 Å². The lowest BCUT2D eigenvalue weighted by Gasteiger charge is -2.07. The van der Waals surface area contributed by atoms with E-state index in [0.29, 0.717) is 5.70 Å². The smallest absolute Gasteiger partial charge is 0.261 e. The monoisotopic (exact) mass is 279 g/mol. The number of nitrogens with one attached hydrogen (secondary N) is 1. The van der Waals surface area contributed by atoms with Crippen LogP contribution in [0.1, 0.15) is 32.6 Å². The Bertz CT molecular complexity index is 518. The maximum Gasteiger partial charge on any atom is 0.261 e. The first-order valence-corrected chi connectivity index (χ1v) is 7.98. The van der Waals surface area contributed by atoms with Gasteiger partial charge in [0.1, 0.15) is 0 Å². The first-order valence-electron chi connectivity index (χ1n) is 6.49. The van der Waals surface area contributed by atoms with E-state index in [1.807, 2.05) is 6.08 Å². The van der Waals surface area contributed by atoms with Gasteiger partial charge >= 0.3 is 0 Å². The van der Waals surface area contributed by atoms with Crippen molar-refractivity contribution in [1.29, 1.82) is 0 Å². The highest BCUT2D eigenvalue weighted by atomic mass is 32.2. The summed E-state index contributed by atoms with van der Waals surface area (Å²) < 4.78 is 26.4. The Kier molecular flexibility index (Phi) is 6.36. The largest absolute Gasteiger partial charge is 0.280 e. The summed E-state index contributed by atoms with van der Waals surface area (Å²) in [6, 6.07) is 8.28. The maximum absolute atomic E-state index is 12.0. The van der Waals surface area contributed by atoms with E-state index in [0.717, 1.165) is 12.8 Å². The van der Waals surface area contributed by atoms with Crippen molar-refractivity contribution in [3.8, 4) is 0 Å². The van der Waals surface area contributed by atoms with Gasteiger partial charge in [0.2, 0.25) is 0 Å². The molecule has 0 aliphatic carbocycles. The summed E-state index contributed by atoms with van der Waals surface area (Å²) in [4.78, 5) is 0.246. The predicted molar refractivity (Wildman–Crippen MR) is 79.2 cm³/mol. The molecule has 1 N–H and O–H groups in total. The summed E-state index contributed by atoms with van der Waals surface area (Å²) in [5, 5.41) is 0. The molecule has 1 rings (SSSR count). The van der Waals surface area contributed by atoms with Crippen molar-refractivity contribution in [2.45, 2.75) is 37.5 Å². The molecule has 0 saturated heterocycles. The van der Waals surface area contributed by atoms with Crippen LogP contribution in [-0.4, -0.2) is 8.42 Å². The summed E-state index contributed by atoms with van der Waals surface area (Å²) in [6.45, 7) is 5.86. The Hall–Kier alpha value is -1.55. The van der Waals surface area contributed by atoms with Crippen LogP contribution >= 0.6 is 0 Å². The van der Waals surface area contributed by atoms with E-state index in [4.69, 9.17) is 0 Å². The molecule has 0 unspecified atom stereocenters. The number of unbranched alkanes of at least 4 members (excludes halogenated alkanes) is 3. The molecule has 0 fully saturated rings. The minimum atomic E-state index is -3.51. The van der Waals surface area contributed by atoms with Gasteiger partial charge in [-0.2, -0.15) is 0 Å². The molecule has 19 heavy (non-hydrogen) atoms. The highest BCUT2D eigenvalue weighted by Gasteiger charge is 2.12. The predicted octanol–water partition coefficient (Wildman–Crippen LogP) is 3.62. The highest BCUT2D eigenvalue weighted by molar-refractivity contribution is 7.89. The Labute approximate surface area is 116 Å². The number of benzene rings is 1. The Morgan fingerprint density at radius 2 is 1.95 bits per heavy atom. The Balaban J connectivity index is 2.52. The zero-order chi connectivity index (χ0) is 14.1. The zero-order valence-electron chi connectivity index (χ0n) is 11.3. The molecule has 0 saturated carbocycles. The van der Waals surface area contributed by atoms with Crippen molar-refractivity contribution in [1.82, 2.24) is 4.72 Å². The van der Waals surface area contributed by atoms with Gasteiger partial charge in [-0.3, -0.25) is 4.72 Å². The molecule has 0 bridgehead atoms. The second-order valence-electron chi connectivity index (χ2n) is 4.34. The molecule has 104 valence electrons. The second kappa shape index (κ2) is 7.79. The molecule has 0 aliphatic heterocycles. The Morgan fingerprint density at radius 3 is 2.58 bits per heavy atom. The molecule has 1 aromatic rings. The molecule has 0 amide bonds. The summed E-state index contributed by atoms with van der Waals surface area (Å²) in [5.41, 5.74) is 0.389. The fourth-order valence-corrected chi connectivity index (χ4v) is 2.65. The van der Waals surface area contributed by atoms with E-state index >= 15 is 0 Å². The number of hydrogen-bond acceptors (Lipinski definition) is 2. The minimum absolute atomic E-state index is 0.246. The van der Waals surface area contributed by atoms with Gasteiger partial charge in [-0.05, 0) is 31.1 Å². The molecule has 0 aliphatic rings. The quantitative estimate of drug-likeness (QED) is 0.583. The van der Waals surface area contributed by atoms with E-state index in [9.17, 15) is 8.42 Å². The molecule has 0 aromatic heterocycles. The standard InChI is InChI=1S/C15H21NO2S/c1-3-4-5-6-8-11-14(2)16-19(17,18)15-12-9-7-10-13-15/h7-13,16H,2-6H2,1H3. The van der Waals surface area contributed by atoms with Crippen LogP contribution in [0.4, 0.5) is 0 Å². The molecule has 0 spiro atoms. The van der Waals surface area contributed by atoms with Gasteiger partial charge in [-0.25, -0.2) is 8.42 Å². The maximum atomic E-state index is 12.0. The van der Waals surface area contributed by atoms with Crippen molar-refractivity contribution in [3.05, 3.63) is 54.8 Å². The second-order valence-corrected chi connectivity index (χ2v) is 6.02. The SMILES string of the molecule is C=C(C=CCCCCC)NS(=O)(=O)c1ccccc1. The lowest BCUT2D eigenvalue weighted by molar-refractivity contribution is 0.589. The van der Waals surface area contributed by atoms with Crippen molar-refractivity contribution in [2.75, 3.05) is 0 Å². The zero-order valence-corrected chi connectivity index (χ0v) is 12.1. The van der Waals surface area contributed by atoms with Crippen molar-refractivity contribution < 1.29 is 8.42 Å². The fourth-order valence-electron chi connectivity index (χ4n) is 1.60. The van der Waals surface area contributed by atoms with Crippen molar-refractivity contribution in [2.24, 2.45) is 0 Å². The lowest BCUT2D eigenvalue weighted by Crippen LogP contribution is -2.21. The summed E-state index contributed by atoms with van der Waals surface area (Å²) in [5.74, 6) is 0. The van der Waals surface area contributed by atoms with E-state index in [2.05, 4.69) is 18.2 Å². The van der Waals surface area contributed by atoms with Crippen LogP contribution in [0.5, 0.6) is 0 Å². The van der Waals surface area contributed by atoms with Crippen molar-refractivity contribution >= 4 is 10.0 Å². The third kappa shape index (κ3) is 5.75. The van der Waals surface area contributed by atoms with Crippen LogP contribution in [0, 0.1) is 0 Å². The van der Waals surface area contributed by atoms with Gasteiger partial charge in [0.25, 0.3) is 10.0 Å². The van der Waals surface area contributed by atoms with Crippen LogP contribution < -0.4 is 4.72 Å². The van der Waals surface area contributed by atoms with Gasteiger partial charge in [-0.15, -0.1) is 0 Å². The number of rotatable bonds is 8. The van der Waals surface area contributed by atoms with Crippen LogP contribution in [-0.2, 0) is 10.0 Å². The first-order chi connectivity index (χ1) is 9.06. The topological polar surface area (TPSA) is 46.2 Å². The fraction of sp³-hybridized carbons (Fsp3) is 0.333. The van der Waals surface area contributed by atoms with E-state index in [1.54, 1.807) is 36.4 Å². The summed E-state index contributed by atoms with van der Waals surface area (Å²) in [6.07, 6.45) is 8.09. The molecule has 4 heteroatoms.